The number of pyridine rings is 1. The lowest BCUT2D eigenvalue weighted by Gasteiger charge is -2.16. The molecule has 0 aromatic carbocycles. The molecule has 2 aromatic rings. The number of aromatic nitrogens is 3. The molecule has 112 valence electrons. The van der Waals surface area contributed by atoms with E-state index in [2.05, 4.69) is 15.4 Å². The number of carbonyl (C=O) groups is 1. The molecule has 0 aliphatic rings. The van der Waals surface area contributed by atoms with Crippen molar-refractivity contribution in [2.24, 2.45) is 0 Å². The van der Waals surface area contributed by atoms with Crippen LogP contribution in [0.1, 0.15) is 5.56 Å². The Morgan fingerprint density at radius 3 is 3.00 bits per heavy atom. The second-order valence-electron chi connectivity index (χ2n) is 4.81. The van der Waals surface area contributed by atoms with Gasteiger partial charge in [-0.25, -0.2) is 0 Å². The van der Waals surface area contributed by atoms with Crippen molar-refractivity contribution >= 4 is 17.5 Å². The van der Waals surface area contributed by atoms with Crippen LogP contribution in [-0.2, 0) is 17.9 Å². The molecule has 0 bridgehead atoms. The number of nitrogens with zero attached hydrogens (tertiary/aromatic N) is 4. The van der Waals surface area contributed by atoms with Gasteiger partial charge in [0.1, 0.15) is 0 Å². The van der Waals surface area contributed by atoms with Crippen LogP contribution in [0.2, 0.25) is 5.02 Å². The van der Waals surface area contributed by atoms with Crippen molar-refractivity contribution < 1.29 is 4.79 Å². The highest BCUT2D eigenvalue weighted by Gasteiger charge is 2.07. The van der Waals surface area contributed by atoms with Gasteiger partial charge >= 0.3 is 0 Å². The van der Waals surface area contributed by atoms with Crippen LogP contribution in [0.3, 0.4) is 0 Å². The zero-order chi connectivity index (χ0) is 15.1. The molecular weight excluding hydrogens is 290 g/mol. The van der Waals surface area contributed by atoms with Gasteiger partial charge in [0.25, 0.3) is 0 Å². The van der Waals surface area contributed by atoms with Gasteiger partial charge in [0, 0.05) is 31.7 Å². The zero-order valence-corrected chi connectivity index (χ0v) is 12.6. The summed E-state index contributed by atoms with van der Waals surface area (Å²) in [6, 6.07) is 3.88. The predicted molar refractivity (Wildman–Crippen MR) is 80.8 cm³/mol. The van der Waals surface area contributed by atoms with Crippen LogP contribution in [-0.4, -0.2) is 45.7 Å². The van der Waals surface area contributed by atoms with Crippen molar-refractivity contribution in [3.8, 4) is 0 Å². The molecule has 6 nitrogen and oxygen atoms in total. The van der Waals surface area contributed by atoms with Crippen molar-refractivity contribution in [1.29, 1.82) is 0 Å². The normalized spacial score (nSPS) is 10.8. The monoisotopic (exact) mass is 307 g/mol. The Morgan fingerprint density at radius 2 is 2.33 bits per heavy atom. The maximum atomic E-state index is 11.8. The number of carbonyl (C=O) groups excluding carboxylic acids is 1. The highest BCUT2D eigenvalue weighted by atomic mass is 35.5. The lowest BCUT2D eigenvalue weighted by molar-refractivity contribution is -0.122. The molecule has 1 amide bonds. The Kier molecular flexibility index (Phi) is 5.71. The Hall–Kier alpha value is -1.92. The Bertz CT molecular complexity index is 572. The summed E-state index contributed by atoms with van der Waals surface area (Å²) in [5.74, 6) is -0.0142. The Labute approximate surface area is 128 Å². The third-order valence-electron chi connectivity index (χ3n) is 2.85. The first-order valence-electron chi connectivity index (χ1n) is 6.65. The van der Waals surface area contributed by atoms with Gasteiger partial charge in [-0.05, 0) is 18.7 Å². The molecule has 0 spiro atoms. The smallest absolute Gasteiger partial charge is 0.234 e. The number of halogens is 1. The molecule has 2 heterocycles. The quantitative estimate of drug-likeness (QED) is 0.834. The molecule has 0 saturated carbocycles. The highest BCUT2D eigenvalue weighted by Crippen LogP contribution is 2.03. The second-order valence-corrected chi connectivity index (χ2v) is 5.24. The van der Waals surface area contributed by atoms with Crippen LogP contribution >= 0.6 is 11.6 Å². The molecule has 7 heteroatoms. The molecule has 0 saturated heterocycles. The first-order valence-corrected chi connectivity index (χ1v) is 7.03. The minimum Gasteiger partial charge on any atom is -0.353 e. The fraction of sp³-hybridized carbons (Fsp3) is 0.357. The molecule has 0 fully saturated rings. The summed E-state index contributed by atoms with van der Waals surface area (Å²) in [7, 11) is 1.90. The van der Waals surface area contributed by atoms with Crippen molar-refractivity contribution in [3.63, 3.8) is 0 Å². The third kappa shape index (κ3) is 5.53. The number of likely N-dealkylation sites (N-methyl/N-ethyl adjacent to an activating group) is 1. The summed E-state index contributed by atoms with van der Waals surface area (Å²) >= 11 is 5.77. The van der Waals surface area contributed by atoms with Crippen LogP contribution in [0.4, 0.5) is 0 Å². The highest BCUT2D eigenvalue weighted by molar-refractivity contribution is 6.30. The first-order chi connectivity index (χ1) is 10.1. The topological polar surface area (TPSA) is 63.1 Å². The maximum Gasteiger partial charge on any atom is 0.234 e. The van der Waals surface area contributed by atoms with Crippen LogP contribution < -0.4 is 5.32 Å². The van der Waals surface area contributed by atoms with E-state index >= 15 is 0 Å². The van der Waals surface area contributed by atoms with Gasteiger partial charge < -0.3 is 5.32 Å². The first kappa shape index (κ1) is 15.5. The van der Waals surface area contributed by atoms with E-state index in [9.17, 15) is 4.79 Å². The van der Waals surface area contributed by atoms with Gasteiger partial charge in [-0.2, -0.15) is 5.10 Å². The van der Waals surface area contributed by atoms with Gasteiger partial charge in [-0.1, -0.05) is 17.7 Å². The van der Waals surface area contributed by atoms with Gasteiger partial charge in [0.15, 0.2) is 0 Å². The molecule has 0 unspecified atom stereocenters. The van der Waals surface area contributed by atoms with Crippen molar-refractivity contribution in [2.75, 3.05) is 20.1 Å². The number of nitrogens with one attached hydrogen (secondary N) is 1. The van der Waals surface area contributed by atoms with Crippen LogP contribution in [0.25, 0.3) is 0 Å². The van der Waals surface area contributed by atoms with Gasteiger partial charge in [-0.15, -0.1) is 0 Å². The molecule has 2 rings (SSSR count). The minimum absolute atomic E-state index is 0.0142. The zero-order valence-electron chi connectivity index (χ0n) is 11.9. The Morgan fingerprint density at radius 1 is 1.48 bits per heavy atom. The van der Waals surface area contributed by atoms with Crippen LogP contribution in [0.15, 0.2) is 36.9 Å². The molecular formula is C14H18ClN5O. The average Bonchev–Trinajstić information content (AvgIpc) is 2.85. The van der Waals surface area contributed by atoms with E-state index in [0.717, 1.165) is 5.56 Å². The SMILES string of the molecule is CN(CC(=O)NCCn1cc(Cl)cn1)Cc1cccnc1. The number of rotatable bonds is 7. The van der Waals surface area contributed by atoms with E-state index in [0.29, 0.717) is 31.2 Å². The fourth-order valence-corrected chi connectivity index (χ4v) is 2.09. The molecule has 0 aliphatic heterocycles. The largest absolute Gasteiger partial charge is 0.353 e. The number of hydrogen-bond acceptors (Lipinski definition) is 4. The molecule has 0 radical (unpaired) electrons. The average molecular weight is 308 g/mol. The summed E-state index contributed by atoms with van der Waals surface area (Å²) in [4.78, 5) is 17.8. The van der Waals surface area contributed by atoms with Gasteiger partial charge in [-0.3, -0.25) is 19.4 Å². The Balaban J connectivity index is 1.67. The van der Waals surface area contributed by atoms with Gasteiger partial charge in [0.05, 0.1) is 24.3 Å². The second kappa shape index (κ2) is 7.75. The van der Waals surface area contributed by atoms with E-state index < -0.39 is 0 Å². The summed E-state index contributed by atoms with van der Waals surface area (Å²) in [6.07, 6.45) is 6.83. The van der Waals surface area contributed by atoms with Crippen LogP contribution in [0, 0.1) is 0 Å². The summed E-state index contributed by atoms with van der Waals surface area (Å²) in [5.41, 5.74) is 1.08. The van der Waals surface area contributed by atoms with Crippen molar-refractivity contribution in [3.05, 3.63) is 47.5 Å². The summed E-state index contributed by atoms with van der Waals surface area (Å²) in [5, 5.41) is 7.50. The number of amides is 1. The molecule has 1 N–H and O–H groups in total. The van der Waals surface area contributed by atoms with E-state index in [1.165, 1.54) is 0 Å². The standard InChI is InChI=1S/C14H18ClN5O/c1-19(9-12-3-2-4-16-7-12)11-14(21)17-5-6-20-10-13(15)8-18-20/h2-4,7-8,10H,5-6,9,11H2,1H3,(H,17,21). The van der Waals surface area contributed by atoms with Gasteiger partial charge in [0.2, 0.25) is 5.91 Å². The lowest BCUT2D eigenvalue weighted by Crippen LogP contribution is -2.36. The maximum absolute atomic E-state index is 11.8. The van der Waals surface area contributed by atoms with E-state index in [4.69, 9.17) is 11.6 Å². The number of hydrogen-bond donors (Lipinski definition) is 1. The lowest BCUT2D eigenvalue weighted by atomic mass is 10.3. The molecule has 2 aromatic heterocycles. The van der Waals surface area contributed by atoms with E-state index in [-0.39, 0.29) is 5.91 Å². The fourth-order valence-electron chi connectivity index (χ4n) is 1.93. The summed E-state index contributed by atoms with van der Waals surface area (Å²) < 4.78 is 1.70. The van der Waals surface area contributed by atoms with E-state index in [1.807, 2.05) is 24.1 Å². The van der Waals surface area contributed by atoms with Crippen LogP contribution in [0.5, 0.6) is 0 Å². The van der Waals surface area contributed by atoms with E-state index in [1.54, 1.807) is 29.5 Å². The molecule has 21 heavy (non-hydrogen) atoms. The minimum atomic E-state index is -0.0142. The summed E-state index contributed by atoms with van der Waals surface area (Å²) in [6.45, 7) is 2.16. The third-order valence-corrected chi connectivity index (χ3v) is 3.05. The molecule has 0 atom stereocenters. The van der Waals surface area contributed by atoms with Crippen molar-refractivity contribution in [1.82, 2.24) is 25.0 Å². The molecule has 0 aliphatic carbocycles. The predicted octanol–water partition coefficient (Wildman–Crippen LogP) is 1.18. The van der Waals surface area contributed by atoms with Crippen molar-refractivity contribution in [2.45, 2.75) is 13.1 Å².